The molecule has 34 heavy (non-hydrogen) atoms. The topological polar surface area (TPSA) is 93.8 Å². The van der Waals surface area contributed by atoms with Gasteiger partial charge < -0.3 is 14.3 Å². The molecular weight excluding hydrogens is 432 g/mol. The SMILES string of the molecule is O=C(O)CC=C(NOCc1ccc(OCc2coc(-c3ccccc3)n2)cc1)c1ccccc1. The van der Waals surface area contributed by atoms with Crippen LogP contribution < -0.4 is 10.2 Å². The van der Waals surface area contributed by atoms with Gasteiger partial charge in [-0.3, -0.25) is 15.1 Å². The lowest BCUT2D eigenvalue weighted by Crippen LogP contribution is -2.13. The third-order valence-electron chi connectivity index (χ3n) is 4.87. The van der Waals surface area contributed by atoms with Crippen molar-refractivity contribution >= 4 is 11.7 Å². The van der Waals surface area contributed by atoms with Crippen molar-refractivity contribution in [3.8, 4) is 17.2 Å². The van der Waals surface area contributed by atoms with Crippen LogP contribution in [0.15, 0.2) is 102 Å². The van der Waals surface area contributed by atoms with E-state index in [4.69, 9.17) is 19.1 Å². The molecule has 3 aromatic carbocycles. The second-order valence-electron chi connectivity index (χ2n) is 7.42. The number of benzene rings is 3. The van der Waals surface area contributed by atoms with E-state index in [2.05, 4.69) is 10.5 Å². The van der Waals surface area contributed by atoms with E-state index in [0.29, 0.717) is 36.2 Å². The molecule has 4 aromatic rings. The van der Waals surface area contributed by atoms with Crippen LogP contribution in [-0.4, -0.2) is 16.1 Å². The minimum Gasteiger partial charge on any atom is -0.487 e. The molecule has 0 unspecified atom stereocenters. The van der Waals surface area contributed by atoms with Crippen molar-refractivity contribution in [3.05, 3.63) is 114 Å². The Kier molecular flexibility index (Phi) is 7.71. The van der Waals surface area contributed by atoms with Gasteiger partial charge in [0.2, 0.25) is 5.89 Å². The number of hydrogen-bond donors (Lipinski definition) is 2. The zero-order valence-corrected chi connectivity index (χ0v) is 18.4. The van der Waals surface area contributed by atoms with Gasteiger partial charge in [-0.2, -0.15) is 0 Å². The number of aromatic nitrogens is 1. The number of aliphatic carboxylic acids is 1. The van der Waals surface area contributed by atoms with Crippen molar-refractivity contribution in [1.29, 1.82) is 0 Å². The highest BCUT2D eigenvalue weighted by Gasteiger charge is 2.07. The third-order valence-corrected chi connectivity index (χ3v) is 4.87. The monoisotopic (exact) mass is 456 g/mol. The number of nitrogens with zero attached hydrogens (tertiary/aromatic N) is 1. The first-order chi connectivity index (χ1) is 16.7. The Morgan fingerprint density at radius 1 is 0.941 bits per heavy atom. The summed E-state index contributed by atoms with van der Waals surface area (Å²) in [4.78, 5) is 21.0. The Morgan fingerprint density at radius 2 is 1.65 bits per heavy atom. The van der Waals surface area contributed by atoms with Crippen molar-refractivity contribution in [3.63, 3.8) is 0 Å². The summed E-state index contributed by atoms with van der Waals surface area (Å²) in [5, 5.41) is 8.97. The molecule has 0 bridgehead atoms. The minimum atomic E-state index is -0.910. The Bertz CT molecular complexity index is 1220. The molecule has 1 aromatic heterocycles. The second kappa shape index (κ2) is 11.5. The van der Waals surface area contributed by atoms with Crippen molar-refractivity contribution in [2.24, 2.45) is 0 Å². The van der Waals surface area contributed by atoms with Gasteiger partial charge in [0, 0.05) is 5.56 Å². The number of carbonyl (C=O) groups is 1. The van der Waals surface area contributed by atoms with Crippen molar-refractivity contribution in [1.82, 2.24) is 10.5 Å². The number of hydrogen-bond acceptors (Lipinski definition) is 6. The number of oxazole rings is 1. The second-order valence-corrected chi connectivity index (χ2v) is 7.42. The lowest BCUT2D eigenvalue weighted by Gasteiger charge is -2.12. The summed E-state index contributed by atoms with van der Waals surface area (Å²) in [5.74, 6) is 0.353. The maximum Gasteiger partial charge on any atom is 0.307 e. The number of hydroxylamine groups is 1. The van der Waals surface area contributed by atoms with Crippen LogP contribution in [0.2, 0.25) is 0 Å². The highest BCUT2D eigenvalue weighted by Crippen LogP contribution is 2.20. The first kappa shape index (κ1) is 22.8. The van der Waals surface area contributed by atoms with Gasteiger partial charge in [-0.25, -0.2) is 4.98 Å². The number of carboxylic acids is 1. The molecule has 4 rings (SSSR count). The molecule has 7 heteroatoms. The predicted molar refractivity (Wildman–Crippen MR) is 127 cm³/mol. The molecular formula is C27H24N2O5. The average Bonchev–Trinajstić information content (AvgIpc) is 3.36. The van der Waals surface area contributed by atoms with E-state index in [-0.39, 0.29) is 6.42 Å². The zero-order valence-electron chi connectivity index (χ0n) is 18.4. The Morgan fingerprint density at radius 3 is 2.35 bits per heavy atom. The molecule has 2 N–H and O–H groups in total. The molecule has 0 spiro atoms. The highest BCUT2D eigenvalue weighted by atomic mass is 16.6. The minimum absolute atomic E-state index is 0.106. The molecule has 1 heterocycles. The lowest BCUT2D eigenvalue weighted by atomic mass is 10.1. The van der Waals surface area contributed by atoms with Gasteiger partial charge in [0.05, 0.1) is 18.7 Å². The van der Waals surface area contributed by atoms with E-state index in [1.54, 1.807) is 12.3 Å². The van der Waals surface area contributed by atoms with Crippen LogP contribution in [-0.2, 0) is 22.8 Å². The van der Waals surface area contributed by atoms with Crippen LogP contribution >= 0.6 is 0 Å². The normalized spacial score (nSPS) is 11.2. The fraction of sp³-hybridized carbons (Fsp3) is 0.111. The maximum atomic E-state index is 10.9. The molecule has 0 atom stereocenters. The largest absolute Gasteiger partial charge is 0.487 e. The fourth-order valence-corrected chi connectivity index (χ4v) is 3.15. The van der Waals surface area contributed by atoms with Gasteiger partial charge in [0.1, 0.15) is 24.3 Å². The van der Waals surface area contributed by atoms with Gasteiger partial charge in [-0.15, -0.1) is 0 Å². The van der Waals surface area contributed by atoms with E-state index in [1.807, 2.05) is 84.9 Å². The summed E-state index contributed by atoms with van der Waals surface area (Å²) in [6.07, 6.45) is 3.07. The number of carboxylic acid groups (broad SMARTS) is 1. The van der Waals surface area contributed by atoms with E-state index in [1.165, 1.54) is 0 Å². The maximum absolute atomic E-state index is 10.9. The number of nitrogens with one attached hydrogen (secondary N) is 1. The van der Waals surface area contributed by atoms with Crippen LogP contribution in [0.1, 0.15) is 23.2 Å². The molecule has 0 saturated heterocycles. The van der Waals surface area contributed by atoms with Crippen LogP contribution in [0.3, 0.4) is 0 Å². The first-order valence-corrected chi connectivity index (χ1v) is 10.7. The molecule has 0 amide bonds. The zero-order chi connectivity index (χ0) is 23.6. The summed E-state index contributed by atoms with van der Waals surface area (Å²) in [6.45, 7) is 0.587. The Hall–Kier alpha value is -4.36. The number of ether oxygens (including phenoxy) is 1. The Labute approximate surface area is 197 Å². The molecule has 0 aliphatic heterocycles. The van der Waals surface area contributed by atoms with Gasteiger partial charge in [-0.1, -0.05) is 60.7 Å². The first-order valence-electron chi connectivity index (χ1n) is 10.7. The van der Waals surface area contributed by atoms with E-state index >= 15 is 0 Å². The van der Waals surface area contributed by atoms with Gasteiger partial charge in [0.15, 0.2) is 0 Å². The average molecular weight is 456 g/mol. The molecule has 172 valence electrons. The van der Waals surface area contributed by atoms with Crippen LogP contribution in [0.5, 0.6) is 5.75 Å². The van der Waals surface area contributed by atoms with Gasteiger partial charge in [-0.05, 0) is 41.5 Å². The molecule has 0 radical (unpaired) electrons. The molecule has 0 aliphatic carbocycles. The van der Waals surface area contributed by atoms with E-state index < -0.39 is 5.97 Å². The predicted octanol–water partition coefficient (Wildman–Crippen LogP) is 5.46. The molecule has 7 nitrogen and oxygen atoms in total. The molecule has 0 saturated carbocycles. The quantitative estimate of drug-likeness (QED) is 0.290. The Balaban J connectivity index is 1.28. The smallest absolute Gasteiger partial charge is 0.307 e. The van der Waals surface area contributed by atoms with E-state index in [9.17, 15) is 4.79 Å². The van der Waals surface area contributed by atoms with E-state index in [0.717, 1.165) is 16.7 Å². The van der Waals surface area contributed by atoms with Crippen molar-refractivity contribution < 1.29 is 23.9 Å². The molecule has 0 fully saturated rings. The van der Waals surface area contributed by atoms with Gasteiger partial charge in [0.25, 0.3) is 0 Å². The summed E-state index contributed by atoms with van der Waals surface area (Å²) in [5.41, 5.74) is 6.86. The standard InChI is InChI=1S/C27H24N2O5/c30-26(31)16-15-25(21-7-3-1-4-8-21)29-34-17-20-11-13-24(14-12-20)32-18-23-19-33-27(28-23)22-9-5-2-6-10-22/h1-15,19,29H,16-18H2,(H,30,31). The summed E-state index contributed by atoms with van der Waals surface area (Å²) >= 11 is 0. The lowest BCUT2D eigenvalue weighted by molar-refractivity contribution is -0.136. The van der Waals surface area contributed by atoms with Crippen molar-refractivity contribution in [2.45, 2.75) is 19.6 Å². The third kappa shape index (κ3) is 6.57. The fourth-order valence-electron chi connectivity index (χ4n) is 3.15. The van der Waals surface area contributed by atoms with Crippen LogP contribution in [0.4, 0.5) is 0 Å². The van der Waals surface area contributed by atoms with Crippen molar-refractivity contribution in [2.75, 3.05) is 0 Å². The highest BCUT2D eigenvalue weighted by molar-refractivity contribution is 5.73. The summed E-state index contributed by atoms with van der Waals surface area (Å²) in [6, 6.07) is 26.6. The molecule has 0 aliphatic rings. The van der Waals surface area contributed by atoms with Crippen LogP contribution in [0.25, 0.3) is 17.2 Å². The van der Waals surface area contributed by atoms with Crippen LogP contribution in [0, 0.1) is 0 Å². The van der Waals surface area contributed by atoms with Gasteiger partial charge >= 0.3 is 5.97 Å². The summed E-state index contributed by atoms with van der Waals surface area (Å²) < 4.78 is 11.3. The summed E-state index contributed by atoms with van der Waals surface area (Å²) in [7, 11) is 0. The number of rotatable bonds is 11.